The summed E-state index contributed by atoms with van der Waals surface area (Å²) in [5.41, 5.74) is 1.66. The van der Waals surface area contributed by atoms with Crippen LogP contribution in [0, 0.1) is 5.82 Å². The molecule has 2 aliphatic rings. The number of amidine groups is 1. The van der Waals surface area contributed by atoms with Gasteiger partial charge < -0.3 is 14.8 Å². The Morgan fingerprint density at radius 1 is 1.14 bits per heavy atom. The minimum absolute atomic E-state index is 0.121. The second-order valence-corrected chi connectivity index (χ2v) is 8.58. The number of hydrogen-bond donors (Lipinski definition) is 1. The van der Waals surface area contributed by atoms with Crippen LogP contribution in [-0.2, 0) is 19.1 Å². The van der Waals surface area contributed by atoms with E-state index in [-0.39, 0.29) is 22.3 Å². The minimum atomic E-state index is -0.801. The summed E-state index contributed by atoms with van der Waals surface area (Å²) in [6, 6.07) is 11.5. The maximum Gasteiger partial charge on any atom is 0.338 e. The van der Waals surface area contributed by atoms with E-state index in [0.717, 1.165) is 11.8 Å². The quantitative estimate of drug-likeness (QED) is 0.604. The molecule has 0 unspecified atom stereocenters. The van der Waals surface area contributed by atoms with Gasteiger partial charge in [0.05, 0.1) is 35.9 Å². The van der Waals surface area contributed by atoms with Crippen LogP contribution < -0.4 is 10.1 Å². The lowest BCUT2D eigenvalue weighted by Crippen LogP contribution is -2.45. The summed E-state index contributed by atoms with van der Waals surface area (Å²) in [5.74, 6) is -1.43. The number of nitrogens with zero attached hydrogens (tertiary/aromatic N) is 2. The molecule has 2 amide bonds. The van der Waals surface area contributed by atoms with E-state index in [9.17, 15) is 18.8 Å². The summed E-state index contributed by atoms with van der Waals surface area (Å²) < 4.78 is 23.7. The standard InChI is InChI=1S/C25H22FN3O5S/c1-4-34-24(32)21-14(2)27-25-29(22(21)15-5-11-18(33-3)12-6-15)20(30)13-19(35-25)23(31)28-17-9-7-16(26)8-10-17/h5-13,22H,4H2,1-3H3,(H,28,31)/t22-/m1/s1. The number of rotatable bonds is 6. The Morgan fingerprint density at radius 3 is 2.46 bits per heavy atom. The first-order valence-electron chi connectivity index (χ1n) is 10.7. The van der Waals surface area contributed by atoms with E-state index >= 15 is 0 Å². The molecular formula is C25H22FN3O5S. The average Bonchev–Trinajstić information content (AvgIpc) is 2.84. The second-order valence-electron chi connectivity index (χ2n) is 7.57. The Hall–Kier alpha value is -3.92. The first-order chi connectivity index (χ1) is 16.8. The highest BCUT2D eigenvalue weighted by Gasteiger charge is 2.42. The van der Waals surface area contributed by atoms with E-state index in [0.29, 0.717) is 22.7 Å². The number of allylic oxidation sites excluding steroid dienone is 1. The number of halogens is 1. The van der Waals surface area contributed by atoms with E-state index in [1.54, 1.807) is 45.2 Å². The summed E-state index contributed by atoms with van der Waals surface area (Å²) in [7, 11) is 1.54. The number of ether oxygens (including phenoxy) is 2. The smallest absolute Gasteiger partial charge is 0.338 e. The number of esters is 1. The van der Waals surface area contributed by atoms with Crippen LogP contribution in [0.25, 0.3) is 0 Å². The molecule has 0 fully saturated rings. The minimum Gasteiger partial charge on any atom is -0.497 e. The lowest BCUT2D eigenvalue weighted by atomic mass is 9.94. The first-order valence-corrected chi connectivity index (χ1v) is 11.5. The summed E-state index contributed by atoms with van der Waals surface area (Å²) in [5, 5.41) is 2.90. The highest BCUT2D eigenvalue weighted by Crippen LogP contribution is 2.42. The second kappa shape index (κ2) is 10.1. The molecule has 0 aliphatic carbocycles. The molecular weight excluding hydrogens is 473 g/mol. The van der Waals surface area contributed by atoms with E-state index in [2.05, 4.69) is 10.3 Å². The molecule has 0 aromatic heterocycles. The van der Waals surface area contributed by atoms with Gasteiger partial charge in [-0.25, -0.2) is 14.2 Å². The normalized spacial score (nSPS) is 17.3. The lowest BCUT2D eigenvalue weighted by molar-refractivity contribution is -0.139. The fourth-order valence-electron chi connectivity index (χ4n) is 3.71. The molecule has 35 heavy (non-hydrogen) atoms. The number of anilines is 1. The Morgan fingerprint density at radius 2 is 1.83 bits per heavy atom. The SMILES string of the molecule is CCOC(=O)C1=C(C)N=C2SC(C(=O)Nc3ccc(F)cc3)=CC(=O)N2[C@@H]1c1ccc(OC)cc1. The van der Waals surface area contributed by atoms with Gasteiger partial charge in [-0.1, -0.05) is 12.1 Å². The monoisotopic (exact) mass is 495 g/mol. The highest BCUT2D eigenvalue weighted by atomic mass is 32.2. The van der Waals surface area contributed by atoms with Gasteiger partial charge in [-0.05, 0) is 67.6 Å². The van der Waals surface area contributed by atoms with Gasteiger partial charge in [0, 0.05) is 11.8 Å². The van der Waals surface area contributed by atoms with Crippen LogP contribution >= 0.6 is 11.8 Å². The van der Waals surface area contributed by atoms with Crippen molar-refractivity contribution in [3.8, 4) is 5.75 Å². The van der Waals surface area contributed by atoms with Crippen molar-refractivity contribution >= 4 is 40.4 Å². The van der Waals surface area contributed by atoms with Crippen LogP contribution in [0.4, 0.5) is 10.1 Å². The van der Waals surface area contributed by atoms with Crippen LogP contribution in [0.3, 0.4) is 0 Å². The van der Waals surface area contributed by atoms with Gasteiger partial charge >= 0.3 is 5.97 Å². The number of carbonyl (C=O) groups excluding carboxylic acids is 3. The number of hydrogen-bond acceptors (Lipinski definition) is 7. The zero-order valence-corrected chi connectivity index (χ0v) is 20.0. The molecule has 0 spiro atoms. The summed E-state index contributed by atoms with van der Waals surface area (Å²) in [6.07, 6.45) is 1.20. The molecule has 0 bridgehead atoms. The van der Waals surface area contributed by atoms with Gasteiger partial charge in [-0.15, -0.1) is 0 Å². The molecule has 1 atom stereocenters. The molecule has 0 radical (unpaired) electrons. The van der Waals surface area contributed by atoms with Gasteiger partial charge in [0.25, 0.3) is 11.8 Å². The summed E-state index contributed by atoms with van der Waals surface area (Å²) in [4.78, 5) is 45.0. The van der Waals surface area contributed by atoms with Crippen LogP contribution in [0.5, 0.6) is 5.75 Å². The molecule has 10 heteroatoms. The Balaban J connectivity index is 1.71. The average molecular weight is 496 g/mol. The first kappa shape index (κ1) is 24.2. The molecule has 0 saturated heterocycles. The largest absolute Gasteiger partial charge is 0.497 e. The van der Waals surface area contributed by atoms with Crippen molar-refractivity contribution in [2.24, 2.45) is 4.99 Å². The number of aliphatic imine (C=N–C) groups is 1. The summed E-state index contributed by atoms with van der Waals surface area (Å²) >= 11 is 1.01. The predicted molar refractivity (Wildman–Crippen MR) is 130 cm³/mol. The van der Waals surface area contributed by atoms with Crippen molar-refractivity contribution in [3.63, 3.8) is 0 Å². The number of fused-ring (bicyclic) bond motifs is 1. The fraction of sp³-hybridized carbons (Fsp3) is 0.200. The van der Waals surface area contributed by atoms with Gasteiger partial charge in [0.2, 0.25) is 0 Å². The summed E-state index contributed by atoms with van der Waals surface area (Å²) in [6.45, 7) is 3.52. The number of amides is 2. The van der Waals surface area contributed by atoms with Gasteiger partial charge in [-0.2, -0.15) is 0 Å². The number of methoxy groups -OCH3 is 1. The Labute approximate surface area is 205 Å². The van der Waals surface area contributed by atoms with Gasteiger partial charge in [0.15, 0.2) is 5.17 Å². The molecule has 2 aliphatic heterocycles. The van der Waals surface area contributed by atoms with Crippen molar-refractivity contribution in [2.45, 2.75) is 19.9 Å². The number of carbonyl (C=O) groups is 3. The van der Waals surface area contributed by atoms with Crippen LogP contribution in [-0.4, -0.2) is 41.6 Å². The molecule has 180 valence electrons. The zero-order valence-electron chi connectivity index (χ0n) is 19.2. The van der Waals surface area contributed by atoms with Crippen molar-refractivity contribution < 1.29 is 28.2 Å². The third-order valence-corrected chi connectivity index (χ3v) is 6.33. The van der Waals surface area contributed by atoms with Crippen molar-refractivity contribution in [1.29, 1.82) is 0 Å². The van der Waals surface area contributed by atoms with Gasteiger partial charge in [-0.3, -0.25) is 14.5 Å². The molecule has 4 rings (SSSR count). The van der Waals surface area contributed by atoms with Crippen LogP contribution in [0.1, 0.15) is 25.5 Å². The van der Waals surface area contributed by atoms with Crippen molar-refractivity contribution in [3.05, 3.63) is 82.2 Å². The maximum atomic E-state index is 13.3. The highest BCUT2D eigenvalue weighted by molar-refractivity contribution is 8.18. The Kier molecular flexibility index (Phi) is 7.02. The fourth-order valence-corrected chi connectivity index (χ4v) is 4.68. The molecule has 1 N–H and O–H groups in total. The van der Waals surface area contributed by atoms with Crippen LogP contribution in [0.15, 0.2) is 75.8 Å². The molecule has 2 aromatic carbocycles. The molecule has 2 aromatic rings. The van der Waals surface area contributed by atoms with Gasteiger partial charge in [0.1, 0.15) is 11.6 Å². The van der Waals surface area contributed by atoms with Crippen molar-refractivity contribution in [2.75, 3.05) is 19.0 Å². The zero-order chi connectivity index (χ0) is 25.1. The van der Waals surface area contributed by atoms with E-state index < -0.39 is 29.6 Å². The van der Waals surface area contributed by atoms with E-state index in [4.69, 9.17) is 9.47 Å². The number of nitrogens with one attached hydrogen (secondary N) is 1. The van der Waals surface area contributed by atoms with E-state index in [1.807, 2.05) is 0 Å². The topological polar surface area (TPSA) is 97.3 Å². The van der Waals surface area contributed by atoms with Crippen molar-refractivity contribution in [1.82, 2.24) is 4.90 Å². The number of thioether (sulfide) groups is 1. The molecule has 8 nitrogen and oxygen atoms in total. The maximum absolute atomic E-state index is 13.3. The van der Waals surface area contributed by atoms with E-state index in [1.165, 1.54) is 35.2 Å². The number of benzene rings is 2. The third-order valence-electron chi connectivity index (χ3n) is 5.34. The Bertz CT molecular complexity index is 1270. The lowest BCUT2D eigenvalue weighted by Gasteiger charge is -2.38. The molecule has 2 heterocycles. The molecule has 0 saturated carbocycles. The predicted octanol–water partition coefficient (Wildman–Crippen LogP) is 4.18. The van der Waals surface area contributed by atoms with Crippen LogP contribution in [0.2, 0.25) is 0 Å². The third kappa shape index (κ3) is 4.97.